The van der Waals surface area contributed by atoms with E-state index in [0.29, 0.717) is 6.61 Å². The van der Waals surface area contributed by atoms with Gasteiger partial charge in [0.05, 0.1) is 0 Å². The molecular weight excluding hydrogens is 176 g/mol. The molecule has 0 fully saturated rings. The normalized spacial score (nSPS) is 12.0. The Labute approximate surface area is 75.1 Å². The minimum Gasteiger partial charge on any atom is -0.377 e. The van der Waals surface area contributed by atoms with E-state index < -0.39 is 8.80 Å². The molecule has 0 amide bonds. The molecule has 0 atom stereocenters. The molecule has 0 aliphatic heterocycles. The van der Waals surface area contributed by atoms with Crippen LogP contribution in [0.3, 0.4) is 0 Å². The molecule has 0 unspecified atom stereocenters. The lowest BCUT2D eigenvalue weighted by molar-refractivity contribution is -0.0279. The van der Waals surface area contributed by atoms with Crippen LogP contribution in [0.5, 0.6) is 0 Å². The third kappa shape index (κ3) is 3.64. The first-order chi connectivity index (χ1) is 5.74. The minimum atomic E-state index is -2.38. The highest BCUT2D eigenvalue weighted by molar-refractivity contribution is 6.60. The average Bonchev–Trinajstić information content (AvgIpc) is 2.14. The lowest BCUT2D eigenvalue weighted by Crippen LogP contribution is -2.43. The third-order valence-electron chi connectivity index (χ3n) is 1.62. The Morgan fingerprint density at radius 3 is 2.00 bits per heavy atom. The summed E-state index contributed by atoms with van der Waals surface area (Å²) in [4.78, 5) is 0. The van der Waals surface area contributed by atoms with Crippen molar-refractivity contribution in [2.75, 3.05) is 27.6 Å². The summed E-state index contributed by atoms with van der Waals surface area (Å²) in [6, 6.07) is 0.757. The van der Waals surface area contributed by atoms with E-state index in [9.17, 15) is 0 Å². The second-order valence-electron chi connectivity index (χ2n) is 2.20. The molecule has 0 aromatic carbocycles. The monoisotopic (exact) mass is 194 g/mol. The first kappa shape index (κ1) is 12.1. The summed E-state index contributed by atoms with van der Waals surface area (Å²) in [7, 11) is 0.825. The molecule has 0 rings (SSSR count). The summed E-state index contributed by atoms with van der Waals surface area (Å²) >= 11 is 0. The van der Waals surface area contributed by atoms with E-state index in [1.165, 1.54) is 0 Å². The van der Waals surface area contributed by atoms with E-state index in [2.05, 4.69) is 0 Å². The first-order valence-electron chi connectivity index (χ1n) is 4.06. The van der Waals surface area contributed by atoms with Gasteiger partial charge in [0.15, 0.2) is 0 Å². The largest absolute Gasteiger partial charge is 0.501 e. The summed E-state index contributed by atoms with van der Waals surface area (Å²) in [5.41, 5.74) is 0. The Balaban J connectivity index is 3.76. The summed E-state index contributed by atoms with van der Waals surface area (Å²) in [6.45, 7) is 4.78. The van der Waals surface area contributed by atoms with Crippen LogP contribution >= 0.6 is 0 Å². The van der Waals surface area contributed by atoms with Crippen molar-refractivity contribution in [2.24, 2.45) is 0 Å². The fourth-order valence-electron chi connectivity index (χ4n) is 0.807. The Hall–Kier alpha value is 0.0569. The van der Waals surface area contributed by atoms with Gasteiger partial charge in [0, 0.05) is 26.9 Å². The third-order valence-corrected chi connectivity index (χ3v) is 4.29. The number of hydrogen-bond donors (Lipinski definition) is 0. The van der Waals surface area contributed by atoms with Crippen LogP contribution in [0.2, 0.25) is 6.04 Å². The van der Waals surface area contributed by atoms with Crippen LogP contribution < -0.4 is 0 Å². The van der Waals surface area contributed by atoms with Gasteiger partial charge >= 0.3 is 8.80 Å². The second-order valence-corrected chi connectivity index (χ2v) is 5.38. The topological polar surface area (TPSA) is 36.9 Å². The standard InChI is InChI=1S/C7H18O4Si/c1-5-10-7-11-12(6-2,8-3)9-4/h5-7H2,1-4H3. The minimum absolute atomic E-state index is 0.248. The molecule has 5 heteroatoms. The van der Waals surface area contributed by atoms with Crippen LogP contribution in [0.15, 0.2) is 0 Å². The van der Waals surface area contributed by atoms with Gasteiger partial charge in [-0.2, -0.15) is 0 Å². The molecule has 0 bridgehead atoms. The van der Waals surface area contributed by atoms with Gasteiger partial charge in [0.1, 0.15) is 6.79 Å². The van der Waals surface area contributed by atoms with Gasteiger partial charge in [-0.15, -0.1) is 0 Å². The smallest absolute Gasteiger partial charge is 0.377 e. The zero-order valence-electron chi connectivity index (χ0n) is 8.25. The molecule has 0 aromatic rings. The summed E-state index contributed by atoms with van der Waals surface area (Å²) in [5, 5.41) is 0. The highest BCUT2D eigenvalue weighted by Crippen LogP contribution is 2.12. The van der Waals surface area contributed by atoms with E-state index >= 15 is 0 Å². The van der Waals surface area contributed by atoms with Crippen molar-refractivity contribution >= 4 is 8.80 Å². The SMILES string of the molecule is CCOCO[Si](CC)(OC)OC. The molecule has 0 saturated carbocycles. The summed E-state index contributed by atoms with van der Waals surface area (Å²) < 4.78 is 20.8. The molecule has 0 aliphatic rings. The van der Waals surface area contributed by atoms with E-state index in [1.54, 1.807) is 14.2 Å². The van der Waals surface area contributed by atoms with Gasteiger partial charge in [-0.3, -0.25) is 0 Å². The van der Waals surface area contributed by atoms with Crippen molar-refractivity contribution in [1.82, 2.24) is 0 Å². The fraction of sp³-hybridized carbons (Fsp3) is 1.00. The number of rotatable bonds is 7. The molecule has 0 radical (unpaired) electrons. The molecular formula is C7H18O4Si. The molecule has 74 valence electrons. The maximum absolute atomic E-state index is 5.39. The van der Waals surface area contributed by atoms with Crippen molar-refractivity contribution in [2.45, 2.75) is 19.9 Å². The maximum Gasteiger partial charge on any atom is 0.501 e. The van der Waals surface area contributed by atoms with Gasteiger partial charge in [0.25, 0.3) is 0 Å². The number of ether oxygens (including phenoxy) is 1. The fourth-order valence-corrected chi connectivity index (χ4v) is 2.25. The van der Waals surface area contributed by atoms with E-state index in [4.69, 9.17) is 18.0 Å². The van der Waals surface area contributed by atoms with Crippen molar-refractivity contribution in [3.05, 3.63) is 0 Å². The Kier molecular flexibility index (Phi) is 6.59. The lowest BCUT2D eigenvalue weighted by Gasteiger charge is -2.24. The highest BCUT2D eigenvalue weighted by atomic mass is 28.4. The van der Waals surface area contributed by atoms with Gasteiger partial charge in [0.2, 0.25) is 0 Å². The Morgan fingerprint density at radius 1 is 1.08 bits per heavy atom. The van der Waals surface area contributed by atoms with Crippen molar-refractivity contribution in [1.29, 1.82) is 0 Å². The van der Waals surface area contributed by atoms with Crippen molar-refractivity contribution < 1.29 is 18.0 Å². The molecule has 0 aromatic heterocycles. The molecule has 0 saturated heterocycles. The number of hydrogen-bond acceptors (Lipinski definition) is 4. The molecule has 0 aliphatic carbocycles. The molecule has 0 spiro atoms. The van der Waals surface area contributed by atoms with Gasteiger partial charge in [-0.05, 0) is 6.92 Å². The van der Waals surface area contributed by atoms with Crippen molar-refractivity contribution in [3.63, 3.8) is 0 Å². The van der Waals surface area contributed by atoms with Gasteiger partial charge in [-0.1, -0.05) is 6.92 Å². The van der Waals surface area contributed by atoms with Crippen LogP contribution in [0.1, 0.15) is 13.8 Å². The van der Waals surface area contributed by atoms with E-state index in [-0.39, 0.29) is 6.79 Å². The molecule has 0 heterocycles. The van der Waals surface area contributed by atoms with Crippen LogP contribution in [-0.4, -0.2) is 36.4 Å². The molecule has 4 nitrogen and oxygen atoms in total. The average molecular weight is 194 g/mol. The highest BCUT2D eigenvalue weighted by Gasteiger charge is 2.36. The predicted molar refractivity (Wildman–Crippen MR) is 47.8 cm³/mol. The quantitative estimate of drug-likeness (QED) is 0.347. The van der Waals surface area contributed by atoms with E-state index in [1.807, 2.05) is 13.8 Å². The van der Waals surface area contributed by atoms with E-state index in [0.717, 1.165) is 6.04 Å². The van der Waals surface area contributed by atoms with Crippen LogP contribution in [0.4, 0.5) is 0 Å². The lowest BCUT2D eigenvalue weighted by atomic mass is 10.9. The zero-order chi connectivity index (χ0) is 9.45. The van der Waals surface area contributed by atoms with Crippen LogP contribution in [0, 0.1) is 0 Å². The summed E-state index contributed by atoms with van der Waals surface area (Å²) in [5.74, 6) is 0. The van der Waals surface area contributed by atoms with Gasteiger partial charge < -0.3 is 18.0 Å². The van der Waals surface area contributed by atoms with Crippen molar-refractivity contribution in [3.8, 4) is 0 Å². The predicted octanol–water partition coefficient (Wildman–Crippen LogP) is 1.25. The maximum atomic E-state index is 5.39. The van der Waals surface area contributed by atoms with Gasteiger partial charge in [-0.25, -0.2) is 0 Å². The molecule has 12 heavy (non-hydrogen) atoms. The molecule has 0 N–H and O–H groups in total. The zero-order valence-corrected chi connectivity index (χ0v) is 9.25. The van der Waals surface area contributed by atoms with Crippen LogP contribution in [-0.2, 0) is 18.0 Å². The van der Waals surface area contributed by atoms with Crippen LogP contribution in [0.25, 0.3) is 0 Å². The second kappa shape index (κ2) is 6.56. The summed E-state index contributed by atoms with van der Waals surface area (Å²) in [6.07, 6.45) is 0. The first-order valence-corrected chi connectivity index (χ1v) is 5.99. The Morgan fingerprint density at radius 2 is 1.67 bits per heavy atom. The Bertz CT molecular complexity index is 97.3.